The van der Waals surface area contributed by atoms with E-state index in [9.17, 15) is 9.59 Å². The fourth-order valence-corrected chi connectivity index (χ4v) is 4.84. The van der Waals surface area contributed by atoms with Crippen molar-refractivity contribution in [2.75, 3.05) is 13.2 Å². The first-order valence-corrected chi connectivity index (χ1v) is 13.6. The number of ether oxygens (including phenoxy) is 1. The van der Waals surface area contributed by atoms with E-state index in [2.05, 4.69) is 24.4 Å². The lowest BCUT2D eigenvalue weighted by molar-refractivity contribution is -0.122. The van der Waals surface area contributed by atoms with Crippen molar-refractivity contribution in [3.05, 3.63) is 12.2 Å². The molecule has 0 aromatic rings. The minimum absolute atomic E-state index is 0.0855. The van der Waals surface area contributed by atoms with E-state index in [0.717, 1.165) is 44.9 Å². The highest BCUT2D eigenvalue weighted by atomic mass is 16.5. The summed E-state index contributed by atoms with van der Waals surface area (Å²) in [5.74, 6) is 0.379. The predicted molar refractivity (Wildman–Crippen MR) is 135 cm³/mol. The van der Waals surface area contributed by atoms with Crippen LogP contribution in [0, 0.1) is 11.3 Å². The van der Waals surface area contributed by atoms with Crippen LogP contribution in [0.15, 0.2) is 12.2 Å². The number of Topliss-reactive ketones (excluding diaryl/α,β-unsaturated/α-hetero) is 1. The van der Waals surface area contributed by atoms with Gasteiger partial charge in [-0.2, -0.15) is 0 Å². The zero-order valence-electron chi connectivity index (χ0n) is 21.4. The maximum atomic E-state index is 12.4. The van der Waals surface area contributed by atoms with Gasteiger partial charge >= 0.3 is 6.09 Å². The number of hydrogen-bond donors (Lipinski definition) is 1. The van der Waals surface area contributed by atoms with Gasteiger partial charge in [-0.25, -0.2) is 4.79 Å². The van der Waals surface area contributed by atoms with Gasteiger partial charge in [0.05, 0.1) is 6.61 Å². The number of carbonyl (C=O) groups excluding carboxylic acids is 2. The van der Waals surface area contributed by atoms with E-state index < -0.39 is 0 Å². The lowest BCUT2D eigenvalue weighted by Crippen LogP contribution is -2.36. The van der Waals surface area contributed by atoms with Crippen molar-refractivity contribution < 1.29 is 14.3 Å². The normalized spacial score (nSPS) is 19.0. The van der Waals surface area contributed by atoms with Gasteiger partial charge in [-0.15, -0.1) is 0 Å². The van der Waals surface area contributed by atoms with E-state index in [1.165, 1.54) is 64.2 Å². The van der Waals surface area contributed by atoms with E-state index in [1.807, 2.05) is 6.92 Å². The second-order valence-corrected chi connectivity index (χ2v) is 10.1. The number of unbranched alkanes of at least 4 members (excludes halogenated alkanes) is 10. The molecule has 0 aromatic carbocycles. The molecular weight excluding hydrogens is 398 g/mol. The summed E-state index contributed by atoms with van der Waals surface area (Å²) >= 11 is 0. The maximum Gasteiger partial charge on any atom is 0.407 e. The third-order valence-corrected chi connectivity index (χ3v) is 7.00. The number of alkyl carbamates (subject to hydrolysis) is 1. The minimum atomic E-state index is -0.328. The van der Waals surface area contributed by atoms with Gasteiger partial charge in [-0.3, -0.25) is 4.79 Å². The number of rotatable bonds is 19. The van der Waals surface area contributed by atoms with Crippen molar-refractivity contribution in [1.82, 2.24) is 5.32 Å². The monoisotopic (exact) mass is 449 g/mol. The van der Waals surface area contributed by atoms with Gasteiger partial charge in [0, 0.05) is 17.9 Å². The van der Waals surface area contributed by atoms with Crippen LogP contribution in [-0.2, 0) is 9.53 Å². The molecule has 0 aliphatic heterocycles. The van der Waals surface area contributed by atoms with E-state index in [4.69, 9.17) is 4.74 Å². The van der Waals surface area contributed by atoms with Gasteiger partial charge in [0.2, 0.25) is 0 Å². The number of ketones is 1. The highest BCUT2D eigenvalue weighted by Gasteiger charge is 2.35. The topological polar surface area (TPSA) is 55.4 Å². The summed E-state index contributed by atoms with van der Waals surface area (Å²) in [4.78, 5) is 24.4. The molecule has 0 bridgehead atoms. The molecule has 0 aromatic heterocycles. The Kier molecular flexibility index (Phi) is 16.3. The van der Waals surface area contributed by atoms with E-state index in [1.54, 1.807) is 6.92 Å². The smallest absolute Gasteiger partial charge is 0.407 e. The van der Waals surface area contributed by atoms with Crippen molar-refractivity contribution >= 4 is 11.9 Å². The molecule has 0 saturated carbocycles. The van der Waals surface area contributed by atoms with Crippen LogP contribution >= 0.6 is 0 Å². The number of amides is 1. The summed E-state index contributed by atoms with van der Waals surface area (Å²) in [5, 5.41) is 2.79. The number of allylic oxidation sites excluding steroid dienone is 2. The van der Waals surface area contributed by atoms with Crippen LogP contribution in [-0.4, -0.2) is 25.0 Å². The molecular formula is C28H51NO3. The van der Waals surface area contributed by atoms with Crippen LogP contribution in [0.1, 0.15) is 130 Å². The Hall–Kier alpha value is -1.32. The highest BCUT2D eigenvalue weighted by molar-refractivity contribution is 5.78. The standard InChI is InChI=1S/C28H51NO3/c1-4-6-7-8-9-10-11-12-13-14-16-19-26(25(3)30)23-28(20-17-15-18-21-28)24-32-27(31)29-22-5-2/h15,17,26H,4-14,16,18-24H2,1-3H3,(H,29,31). The zero-order chi connectivity index (χ0) is 23.5. The molecule has 0 heterocycles. The molecule has 1 amide bonds. The third-order valence-electron chi connectivity index (χ3n) is 7.00. The summed E-state index contributed by atoms with van der Waals surface area (Å²) < 4.78 is 5.58. The molecule has 4 heteroatoms. The molecule has 1 N–H and O–H groups in total. The second-order valence-electron chi connectivity index (χ2n) is 10.1. The zero-order valence-corrected chi connectivity index (χ0v) is 21.4. The molecule has 0 spiro atoms. The Morgan fingerprint density at radius 3 is 2.06 bits per heavy atom. The van der Waals surface area contributed by atoms with Crippen LogP contribution in [0.5, 0.6) is 0 Å². The van der Waals surface area contributed by atoms with Crippen LogP contribution in [0.4, 0.5) is 4.79 Å². The summed E-state index contributed by atoms with van der Waals surface area (Å²) in [5.41, 5.74) is -0.0909. The molecule has 0 saturated heterocycles. The molecule has 186 valence electrons. The van der Waals surface area contributed by atoms with Crippen molar-refractivity contribution in [3.8, 4) is 0 Å². The Bertz CT molecular complexity index is 531. The summed E-state index contributed by atoms with van der Waals surface area (Å²) in [7, 11) is 0. The molecule has 32 heavy (non-hydrogen) atoms. The van der Waals surface area contributed by atoms with E-state index in [-0.39, 0.29) is 17.4 Å². The second kappa shape index (κ2) is 18.1. The van der Waals surface area contributed by atoms with Crippen molar-refractivity contribution in [2.45, 2.75) is 130 Å². The number of carbonyl (C=O) groups is 2. The van der Waals surface area contributed by atoms with Crippen LogP contribution in [0.25, 0.3) is 0 Å². The lowest BCUT2D eigenvalue weighted by atomic mass is 9.70. The Morgan fingerprint density at radius 1 is 0.906 bits per heavy atom. The van der Waals surface area contributed by atoms with Crippen molar-refractivity contribution in [2.24, 2.45) is 11.3 Å². The average molecular weight is 450 g/mol. The molecule has 2 atom stereocenters. The maximum absolute atomic E-state index is 12.4. The fraction of sp³-hybridized carbons (Fsp3) is 0.857. The summed E-state index contributed by atoms with van der Waals surface area (Å²) in [6, 6.07) is 0. The number of nitrogens with one attached hydrogen (secondary N) is 1. The van der Waals surface area contributed by atoms with Gasteiger partial charge in [-0.1, -0.05) is 96.6 Å². The molecule has 2 unspecified atom stereocenters. The SMILES string of the molecule is CCCCCCCCCCCCCC(CC1(COC(=O)NCCC)CC=CCC1)C(C)=O. The molecule has 1 aliphatic carbocycles. The predicted octanol–water partition coefficient (Wildman–Crippen LogP) is 8.15. The molecule has 0 fully saturated rings. The molecule has 0 radical (unpaired) electrons. The largest absolute Gasteiger partial charge is 0.449 e. The first kappa shape index (κ1) is 28.7. The molecule has 1 rings (SSSR count). The van der Waals surface area contributed by atoms with Gasteiger partial charge in [-0.05, 0) is 45.4 Å². The quantitative estimate of drug-likeness (QED) is 0.160. The van der Waals surface area contributed by atoms with Crippen LogP contribution in [0.2, 0.25) is 0 Å². The highest BCUT2D eigenvalue weighted by Crippen LogP contribution is 2.40. The molecule has 1 aliphatic rings. The Balaban J connectivity index is 2.34. The van der Waals surface area contributed by atoms with E-state index >= 15 is 0 Å². The van der Waals surface area contributed by atoms with Crippen molar-refractivity contribution in [1.29, 1.82) is 0 Å². The lowest BCUT2D eigenvalue weighted by Gasteiger charge is -2.37. The Labute approximate surface area is 198 Å². The number of hydrogen-bond acceptors (Lipinski definition) is 3. The summed E-state index contributed by atoms with van der Waals surface area (Å²) in [6.45, 7) is 7.09. The molecule has 4 nitrogen and oxygen atoms in total. The Morgan fingerprint density at radius 2 is 1.53 bits per heavy atom. The minimum Gasteiger partial charge on any atom is -0.449 e. The van der Waals surface area contributed by atoms with Gasteiger partial charge in [0.15, 0.2) is 0 Å². The average Bonchev–Trinajstić information content (AvgIpc) is 2.79. The first-order valence-electron chi connectivity index (χ1n) is 13.6. The van der Waals surface area contributed by atoms with Gasteiger partial charge < -0.3 is 10.1 Å². The van der Waals surface area contributed by atoms with Crippen molar-refractivity contribution in [3.63, 3.8) is 0 Å². The van der Waals surface area contributed by atoms with Crippen LogP contribution in [0.3, 0.4) is 0 Å². The first-order chi connectivity index (χ1) is 15.5. The van der Waals surface area contributed by atoms with Gasteiger partial charge in [0.25, 0.3) is 0 Å². The third kappa shape index (κ3) is 13.3. The van der Waals surface area contributed by atoms with Gasteiger partial charge in [0.1, 0.15) is 5.78 Å². The summed E-state index contributed by atoms with van der Waals surface area (Å²) in [6.07, 6.45) is 24.3. The fourth-order valence-electron chi connectivity index (χ4n) is 4.84. The van der Waals surface area contributed by atoms with Crippen LogP contribution < -0.4 is 5.32 Å². The van der Waals surface area contributed by atoms with E-state index in [0.29, 0.717) is 18.9 Å².